The highest BCUT2D eigenvalue weighted by atomic mass is 32.1. The first-order valence-corrected chi connectivity index (χ1v) is 10.5. The van der Waals surface area contributed by atoms with E-state index in [0.717, 1.165) is 28.1 Å². The zero-order valence-corrected chi connectivity index (χ0v) is 18.0. The Labute approximate surface area is 178 Å². The van der Waals surface area contributed by atoms with Gasteiger partial charge in [0.25, 0.3) is 5.56 Å². The fourth-order valence-corrected chi connectivity index (χ4v) is 4.56. The molecule has 0 aliphatic carbocycles. The molecule has 0 spiro atoms. The molecular weight excluding hydrogens is 398 g/mol. The molecule has 0 aliphatic rings. The molecule has 1 unspecified atom stereocenters. The topological polar surface area (TPSA) is 68.7 Å². The van der Waals surface area contributed by atoms with E-state index in [4.69, 9.17) is 14.5 Å². The summed E-state index contributed by atoms with van der Waals surface area (Å²) in [5, 5.41) is 2.67. The molecule has 2 heterocycles. The average Bonchev–Trinajstić information content (AvgIpc) is 3.18. The first kappa shape index (κ1) is 20.1. The molecule has 4 aromatic rings. The maximum atomic E-state index is 12.8. The minimum absolute atomic E-state index is 0.0889. The van der Waals surface area contributed by atoms with Crippen molar-refractivity contribution in [2.45, 2.75) is 13.1 Å². The molecule has 0 radical (unpaired) electrons. The average molecular weight is 423 g/mol. The molecule has 0 bridgehead atoms. The number of fused-ring (bicyclic) bond motifs is 1. The predicted molar refractivity (Wildman–Crippen MR) is 120 cm³/mol. The van der Waals surface area contributed by atoms with Crippen LogP contribution in [-0.2, 0) is 13.1 Å². The minimum Gasteiger partial charge on any atom is -0.493 e. The number of benzene rings is 2. The maximum absolute atomic E-state index is 12.8. The van der Waals surface area contributed by atoms with Crippen molar-refractivity contribution in [3.05, 3.63) is 75.7 Å². The number of hydrogen-bond donors (Lipinski definition) is 2. The van der Waals surface area contributed by atoms with Crippen molar-refractivity contribution in [3.8, 4) is 22.6 Å². The Morgan fingerprint density at radius 3 is 2.53 bits per heavy atom. The number of quaternary nitrogens is 1. The van der Waals surface area contributed by atoms with Gasteiger partial charge in [0.15, 0.2) is 17.3 Å². The van der Waals surface area contributed by atoms with Crippen molar-refractivity contribution >= 4 is 21.6 Å². The van der Waals surface area contributed by atoms with Crippen LogP contribution in [0.15, 0.2) is 58.7 Å². The van der Waals surface area contributed by atoms with Crippen molar-refractivity contribution in [3.63, 3.8) is 0 Å². The Morgan fingerprint density at radius 1 is 1.03 bits per heavy atom. The summed E-state index contributed by atoms with van der Waals surface area (Å²) in [6.45, 7) is 1.37. The van der Waals surface area contributed by atoms with E-state index in [0.29, 0.717) is 29.3 Å². The van der Waals surface area contributed by atoms with Gasteiger partial charge in [-0.05, 0) is 23.8 Å². The Bertz CT molecular complexity index is 1220. The molecule has 2 aromatic carbocycles. The fraction of sp³-hybridized carbons (Fsp3) is 0.217. The van der Waals surface area contributed by atoms with E-state index < -0.39 is 0 Å². The van der Waals surface area contributed by atoms with Gasteiger partial charge in [-0.15, -0.1) is 11.3 Å². The third-order valence-electron chi connectivity index (χ3n) is 5.00. The van der Waals surface area contributed by atoms with E-state index in [-0.39, 0.29) is 5.56 Å². The highest BCUT2D eigenvalue weighted by molar-refractivity contribution is 7.17. The molecule has 0 fully saturated rings. The van der Waals surface area contributed by atoms with E-state index in [1.54, 1.807) is 14.2 Å². The number of aromatic amines is 1. The van der Waals surface area contributed by atoms with Crippen LogP contribution in [0, 0.1) is 0 Å². The van der Waals surface area contributed by atoms with Gasteiger partial charge in [-0.3, -0.25) is 4.79 Å². The summed E-state index contributed by atoms with van der Waals surface area (Å²) in [5.74, 6) is 2.11. The number of nitrogens with zero attached hydrogens (tertiary/aromatic N) is 1. The normalized spacial score (nSPS) is 12.1. The summed E-state index contributed by atoms with van der Waals surface area (Å²) >= 11 is 1.51. The molecule has 7 heteroatoms. The van der Waals surface area contributed by atoms with Crippen LogP contribution in [0.2, 0.25) is 0 Å². The van der Waals surface area contributed by atoms with Gasteiger partial charge in [0.2, 0.25) is 0 Å². The van der Waals surface area contributed by atoms with Crippen LogP contribution >= 0.6 is 11.3 Å². The summed E-state index contributed by atoms with van der Waals surface area (Å²) in [5.41, 5.74) is 2.99. The van der Waals surface area contributed by atoms with Crippen LogP contribution in [0.3, 0.4) is 0 Å². The Morgan fingerprint density at radius 2 is 1.80 bits per heavy atom. The fourth-order valence-electron chi connectivity index (χ4n) is 3.59. The molecular formula is C23H24N3O3S+. The SMILES string of the molecule is COc1ccc(C[NH+](C)Cc2nc3scc(-c4ccccc4)c3c(=O)[nH]2)cc1OC. The standard InChI is InChI=1S/C23H23N3O3S/c1-26(12-15-9-10-18(28-2)19(11-15)29-3)13-20-24-22(27)21-17(14-30-23(21)25-20)16-7-5-4-6-8-16/h4-11,14H,12-13H2,1-3H3,(H,24,25,27)/p+1. The molecule has 2 aromatic heterocycles. The van der Waals surface area contributed by atoms with Crippen molar-refractivity contribution < 1.29 is 14.4 Å². The van der Waals surface area contributed by atoms with Crippen molar-refractivity contribution in [2.24, 2.45) is 0 Å². The Hall–Kier alpha value is -3.16. The summed E-state index contributed by atoms with van der Waals surface area (Å²) < 4.78 is 10.7. The van der Waals surface area contributed by atoms with E-state index in [2.05, 4.69) is 12.0 Å². The van der Waals surface area contributed by atoms with Gasteiger partial charge in [0, 0.05) is 16.5 Å². The van der Waals surface area contributed by atoms with E-state index in [9.17, 15) is 4.79 Å². The highest BCUT2D eigenvalue weighted by Gasteiger charge is 2.15. The lowest BCUT2D eigenvalue weighted by atomic mass is 10.1. The largest absolute Gasteiger partial charge is 0.493 e. The molecule has 0 saturated heterocycles. The lowest BCUT2D eigenvalue weighted by molar-refractivity contribution is -0.908. The van der Waals surface area contributed by atoms with Gasteiger partial charge in [0.1, 0.15) is 17.9 Å². The van der Waals surface area contributed by atoms with E-state index >= 15 is 0 Å². The number of rotatable bonds is 7. The van der Waals surface area contributed by atoms with Crippen LogP contribution in [-0.4, -0.2) is 31.2 Å². The number of hydrogen-bond acceptors (Lipinski definition) is 5. The van der Waals surface area contributed by atoms with E-state index in [1.807, 2.05) is 53.9 Å². The van der Waals surface area contributed by atoms with Gasteiger partial charge < -0.3 is 19.4 Å². The molecule has 0 aliphatic heterocycles. The van der Waals surface area contributed by atoms with Gasteiger partial charge in [-0.1, -0.05) is 30.3 Å². The van der Waals surface area contributed by atoms with Crippen molar-refractivity contribution in [2.75, 3.05) is 21.3 Å². The van der Waals surface area contributed by atoms with Gasteiger partial charge in [0.05, 0.1) is 26.7 Å². The number of nitrogens with one attached hydrogen (secondary N) is 2. The molecule has 154 valence electrons. The van der Waals surface area contributed by atoms with Gasteiger partial charge in [-0.2, -0.15) is 0 Å². The molecule has 2 N–H and O–H groups in total. The third-order valence-corrected chi connectivity index (χ3v) is 5.87. The number of ether oxygens (including phenoxy) is 2. The highest BCUT2D eigenvalue weighted by Crippen LogP contribution is 2.30. The smallest absolute Gasteiger partial charge is 0.260 e. The first-order chi connectivity index (χ1) is 14.6. The zero-order valence-electron chi connectivity index (χ0n) is 17.2. The second-order valence-corrected chi connectivity index (χ2v) is 8.07. The molecule has 6 nitrogen and oxygen atoms in total. The summed E-state index contributed by atoms with van der Waals surface area (Å²) in [6.07, 6.45) is 0. The molecule has 4 rings (SSSR count). The summed E-state index contributed by atoms with van der Waals surface area (Å²) in [4.78, 5) is 22.5. The van der Waals surface area contributed by atoms with Crippen LogP contribution in [0.25, 0.3) is 21.3 Å². The van der Waals surface area contributed by atoms with Crippen molar-refractivity contribution in [1.29, 1.82) is 0 Å². The van der Waals surface area contributed by atoms with E-state index in [1.165, 1.54) is 16.2 Å². The lowest BCUT2D eigenvalue weighted by Gasteiger charge is -2.15. The van der Waals surface area contributed by atoms with Crippen molar-refractivity contribution in [1.82, 2.24) is 9.97 Å². The summed E-state index contributed by atoms with van der Waals surface area (Å²) in [7, 11) is 5.33. The zero-order chi connectivity index (χ0) is 21.1. The van der Waals surface area contributed by atoms with Crippen LogP contribution in [0.4, 0.5) is 0 Å². The Balaban J connectivity index is 1.55. The number of aromatic nitrogens is 2. The van der Waals surface area contributed by atoms with Crippen LogP contribution < -0.4 is 19.9 Å². The number of thiophene rings is 1. The quantitative estimate of drug-likeness (QED) is 0.481. The number of H-pyrrole nitrogens is 1. The monoisotopic (exact) mass is 422 g/mol. The lowest BCUT2D eigenvalue weighted by Crippen LogP contribution is -3.06. The molecule has 1 atom stereocenters. The summed E-state index contributed by atoms with van der Waals surface area (Å²) in [6, 6.07) is 15.8. The minimum atomic E-state index is -0.0889. The van der Waals surface area contributed by atoms with Gasteiger partial charge >= 0.3 is 0 Å². The number of methoxy groups -OCH3 is 2. The van der Waals surface area contributed by atoms with Crippen LogP contribution in [0.5, 0.6) is 11.5 Å². The second-order valence-electron chi connectivity index (χ2n) is 7.21. The molecule has 30 heavy (non-hydrogen) atoms. The maximum Gasteiger partial charge on any atom is 0.260 e. The third kappa shape index (κ3) is 4.08. The second kappa shape index (κ2) is 8.69. The van der Waals surface area contributed by atoms with Gasteiger partial charge in [-0.25, -0.2) is 4.98 Å². The molecule has 0 saturated carbocycles. The van der Waals surface area contributed by atoms with Crippen LogP contribution in [0.1, 0.15) is 11.4 Å². The Kier molecular flexibility index (Phi) is 5.83. The predicted octanol–water partition coefficient (Wildman–Crippen LogP) is 2.88. The molecule has 0 amide bonds. The first-order valence-electron chi connectivity index (χ1n) is 9.67.